The summed E-state index contributed by atoms with van der Waals surface area (Å²) in [5, 5.41) is 10.1. The van der Waals surface area contributed by atoms with Crippen molar-refractivity contribution in [2.75, 3.05) is 0 Å². The number of nitrogens with two attached hydrogens (primary N) is 1. The molecule has 0 fully saturated rings. The van der Waals surface area contributed by atoms with E-state index in [4.69, 9.17) is 5.73 Å². The van der Waals surface area contributed by atoms with Gasteiger partial charge >= 0.3 is 0 Å². The van der Waals surface area contributed by atoms with Gasteiger partial charge in [0.1, 0.15) is 6.10 Å². The number of halogens is 5. The van der Waals surface area contributed by atoms with E-state index in [2.05, 4.69) is 0 Å². The minimum absolute atomic E-state index is 0.0739. The SMILES string of the molecule is CC1(C)CC(=O)C(C(O)c2c(F)c(F)c(F)c(F)c2F)=C(N)C1. The third-order valence-electron chi connectivity index (χ3n) is 3.75. The highest BCUT2D eigenvalue weighted by Crippen LogP contribution is 2.40. The van der Waals surface area contributed by atoms with Gasteiger partial charge in [0, 0.05) is 17.7 Å². The Hall–Kier alpha value is -1.96. The highest BCUT2D eigenvalue weighted by molar-refractivity contribution is 5.98. The number of ketones is 1. The van der Waals surface area contributed by atoms with E-state index in [9.17, 15) is 31.9 Å². The highest BCUT2D eigenvalue weighted by atomic mass is 19.2. The summed E-state index contributed by atoms with van der Waals surface area (Å²) in [6.45, 7) is 3.44. The zero-order chi connectivity index (χ0) is 17.7. The second kappa shape index (κ2) is 5.59. The van der Waals surface area contributed by atoms with E-state index in [1.165, 1.54) is 0 Å². The number of aliphatic hydroxyl groups is 1. The normalized spacial score (nSPS) is 19.2. The van der Waals surface area contributed by atoms with Crippen LogP contribution in [0.4, 0.5) is 22.0 Å². The second-order valence-corrected chi connectivity index (χ2v) is 6.27. The van der Waals surface area contributed by atoms with E-state index < -0.39 is 57.5 Å². The van der Waals surface area contributed by atoms with Gasteiger partial charge in [0.05, 0.1) is 5.56 Å². The number of carbonyl (C=O) groups excluding carboxylic acids is 1. The molecule has 3 N–H and O–H groups in total. The van der Waals surface area contributed by atoms with Crippen LogP contribution in [0.5, 0.6) is 0 Å². The Labute approximate surface area is 128 Å². The number of carbonyl (C=O) groups is 1. The van der Waals surface area contributed by atoms with Gasteiger partial charge in [0.15, 0.2) is 29.1 Å². The minimum Gasteiger partial charge on any atom is -0.402 e. The van der Waals surface area contributed by atoms with Gasteiger partial charge in [-0.25, -0.2) is 22.0 Å². The Bertz CT molecular complexity index is 698. The first-order chi connectivity index (χ1) is 10.5. The highest BCUT2D eigenvalue weighted by Gasteiger charge is 2.39. The standard InChI is InChI=1S/C15H14F5NO2/c1-15(2)3-5(21)7(6(22)4-15)14(23)8-9(16)11(18)13(20)12(19)10(8)17/h14,23H,3-4,21H2,1-2H3. The zero-order valence-corrected chi connectivity index (χ0v) is 12.3. The molecule has 1 unspecified atom stereocenters. The maximum atomic E-state index is 13.8. The Morgan fingerprint density at radius 2 is 1.39 bits per heavy atom. The van der Waals surface area contributed by atoms with Crippen molar-refractivity contribution in [3.63, 3.8) is 0 Å². The first kappa shape index (κ1) is 17.4. The molecule has 0 saturated carbocycles. The molecule has 0 spiro atoms. The number of benzene rings is 1. The topological polar surface area (TPSA) is 63.3 Å². The van der Waals surface area contributed by atoms with E-state index in [0.29, 0.717) is 0 Å². The number of rotatable bonds is 2. The van der Waals surface area contributed by atoms with Crippen LogP contribution in [-0.4, -0.2) is 10.9 Å². The lowest BCUT2D eigenvalue weighted by Gasteiger charge is -2.32. The molecule has 3 nitrogen and oxygen atoms in total. The summed E-state index contributed by atoms with van der Waals surface area (Å²) in [5.74, 6) is -11.8. The minimum atomic E-state index is -2.34. The fourth-order valence-corrected chi connectivity index (χ4v) is 2.72. The van der Waals surface area contributed by atoms with Crippen LogP contribution in [0.1, 0.15) is 38.4 Å². The van der Waals surface area contributed by atoms with Crippen molar-refractivity contribution < 1.29 is 31.9 Å². The van der Waals surface area contributed by atoms with E-state index in [0.717, 1.165) is 0 Å². The molecule has 23 heavy (non-hydrogen) atoms. The number of hydrogen-bond donors (Lipinski definition) is 2. The molecule has 1 aromatic carbocycles. The lowest BCUT2D eigenvalue weighted by Crippen LogP contribution is -2.31. The van der Waals surface area contributed by atoms with Gasteiger partial charge in [-0.2, -0.15) is 0 Å². The molecule has 0 aliphatic heterocycles. The zero-order valence-electron chi connectivity index (χ0n) is 12.3. The molecule has 0 aromatic heterocycles. The summed E-state index contributed by atoms with van der Waals surface area (Å²) >= 11 is 0. The van der Waals surface area contributed by atoms with Gasteiger partial charge in [0.25, 0.3) is 0 Å². The first-order valence-corrected chi connectivity index (χ1v) is 6.69. The van der Waals surface area contributed by atoms with Crippen molar-refractivity contribution in [2.45, 2.75) is 32.8 Å². The van der Waals surface area contributed by atoms with E-state index in [-0.39, 0.29) is 18.5 Å². The third-order valence-corrected chi connectivity index (χ3v) is 3.75. The molecule has 1 aliphatic rings. The Morgan fingerprint density at radius 3 is 1.83 bits per heavy atom. The van der Waals surface area contributed by atoms with E-state index in [1.54, 1.807) is 13.8 Å². The number of Topliss-reactive ketones (excluding diaryl/α,β-unsaturated/α-hetero) is 1. The van der Waals surface area contributed by atoms with Crippen molar-refractivity contribution in [3.05, 3.63) is 45.9 Å². The largest absolute Gasteiger partial charge is 0.402 e. The molecule has 0 saturated heterocycles. The molecule has 8 heteroatoms. The molecular formula is C15H14F5NO2. The molecule has 0 bridgehead atoms. The van der Waals surface area contributed by atoms with Crippen LogP contribution in [0, 0.1) is 34.5 Å². The van der Waals surface area contributed by atoms with Gasteiger partial charge in [-0.15, -0.1) is 0 Å². The molecule has 126 valence electrons. The lowest BCUT2D eigenvalue weighted by atomic mass is 9.74. The molecule has 1 aliphatic carbocycles. The average molecular weight is 335 g/mol. The molecular weight excluding hydrogens is 321 g/mol. The van der Waals surface area contributed by atoms with Crippen molar-refractivity contribution in [1.82, 2.24) is 0 Å². The van der Waals surface area contributed by atoms with E-state index in [1.807, 2.05) is 0 Å². The summed E-state index contributed by atoms with van der Waals surface area (Å²) in [7, 11) is 0. The van der Waals surface area contributed by atoms with Gasteiger partial charge in [-0.3, -0.25) is 4.79 Å². The lowest BCUT2D eigenvalue weighted by molar-refractivity contribution is -0.119. The molecule has 0 amide bonds. The number of allylic oxidation sites excluding steroid dienone is 1. The predicted octanol–water partition coefficient (Wildman–Crippen LogP) is 3.02. The molecule has 1 atom stereocenters. The second-order valence-electron chi connectivity index (χ2n) is 6.27. The summed E-state index contributed by atoms with van der Waals surface area (Å²) in [5.41, 5.74) is 3.00. The predicted molar refractivity (Wildman–Crippen MR) is 70.4 cm³/mol. The quantitative estimate of drug-likeness (QED) is 0.496. The Kier molecular flexibility index (Phi) is 4.23. The van der Waals surface area contributed by atoms with Crippen molar-refractivity contribution >= 4 is 5.78 Å². The summed E-state index contributed by atoms with van der Waals surface area (Å²) in [6, 6.07) is 0. The van der Waals surface area contributed by atoms with Gasteiger partial charge in [0.2, 0.25) is 5.82 Å². The van der Waals surface area contributed by atoms with Gasteiger partial charge in [-0.1, -0.05) is 13.8 Å². The summed E-state index contributed by atoms with van der Waals surface area (Å²) in [4.78, 5) is 12.1. The maximum absolute atomic E-state index is 13.8. The number of hydrogen-bond acceptors (Lipinski definition) is 3. The maximum Gasteiger partial charge on any atom is 0.200 e. The molecule has 0 radical (unpaired) electrons. The molecule has 2 rings (SSSR count). The van der Waals surface area contributed by atoms with Crippen LogP contribution in [0.3, 0.4) is 0 Å². The monoisotopic (exact) mass is 335 g/mol. The first-order valence-electron chi connectivity index (χ1n) is 6.69. The van der Waals surface area contributed by atoms with Crippen LogP contribution < -0.4 is 5.73 Å². The van der Waals surface area contributed by atoms with Crippen LogP contribution in [0.15, 0.2) is 11.3 Å². The Morgan fingerprint density at radius 1 is 0.957 bits per heavy atom. The van der Waals surface area contributed by atoms with Crippen molar-refractivity contribution in [1.29, 1.82) is 0 Å². The fraction of sp³-hybridized carbons (Fsp3) is 0.400. The Balaban J connectivity index is 2.63. The van der Waals surface area contributed by atoms with E-state index >= 15 is 0 Å². The van der Waals surface area contributed by atoms with Crippen molar-refractivity contribution in [2.24, 2.45) is 11.1 Å². The fourth-order valence-electron chi connectivity index (χ4n) is 2.72. The molecule has 0 heterocycles. The summed E-state index contributed by atoms with van der Waals surface area (Å²) < 4.78 is 67.0. The van der Waals surface area contributed by atoms with Crippen LogP contribution in [-0.2, 0) is 4.79 Å². The van der Waals surface area contributed by atoms with Crippen molar-refractivity contribution in [3.8, 4) is 0 Å². The van der Waals surface area contributed by atoms with Crippen LogP contribution >= 0.6 is 0 Å². The van der Waals surface area contributed by atoms with Gasteiger partial charge in [-0.05, 0) is 11.8 Å². The third kappa shape index (κ3) is 2.83. The smallest absolute Gasteiger partial charge is 0.200 e. The van der Waals surface area contributed by atoms with Gasteiger partial charge < -0.3 is 10.8 Å². The van der Waals surface area contributed by atoms with Crippen LogP contribution in [0.25, 0.3) is 0 Å². The van der Waals surface area contributed by atoms with Crippen LogP contribution in [0.2, 0.25) is 0 Å². The average Bonchev–Trinajstić information content (AvgIpc) is 2.41. The molecule has 1 aromatic rings. The summed E-state index contributed by atoms with van der Waals surface area (Å²) in [6.07, 6.45) is -2.26. The number of aliphatic hydroxyl groups excluding tert-OH is 1.